The van der Waals surface area contributed by atoms with Crippen LogP contribution in [-0.4, -0.2) is 18.5 Å². The van der Waals surface area contributed by atoms with Gasteiger partial charge in [-0.1, -0.05) is 34.1 Å². The number of ether oxygens (including phenoxy) is 4. The van der Waals surface area contributed by atoms with Gasteiger partial charge in [0.1, 0.15) is 17.2 Å². The van der Waals surface area contributed by atoms with Gasteiger partial charge in [-0.2, -0.15) is 0 Å². The molecule has 0 unspecified atom stereocenters. The van der Waals surface area contributed by atoms with E-state index in [2.05, 4.69) is 15.9 Å². The lowest BCUT2D eigenvalue weighted by Gasteiger charge is -2.20. The molecule has 6 nitrogen and oxygen atoms in total. The Morgan fingerprint density at radius 2 is 1.90 bits per heavy atom. The molecule has 0 spiro atoms. The topological polar surface area (TPSA) is 71.1 Å². The summed E-state index contributed by atoms with van der Waals surface area (Å²) in [6.45, 7) is 0.575. The highest BCUT2D eigenvalue weighted by atomic mass is 79.9. The predicted octanol–water partition coefficient (Wildman–Crippen LogP) is 5.15. The summed E-state index contributed by atoms with van der Waals surface area (Å²) in [4.78, 5) is 25.1. The number of allylic oxidation sites excluding steroid dienone is 1. The van der Waals surface area contributed by atoms with Crippen molar-refractivity contribution in [2.45, 2.75) is 6.61 Å². The molecule has 0 radical (unpaired) electrons. The highest BCUT2D eigenvalue weighted by Crippen LogP contribution is 2.38. The average molecular weight is 479 g/mol. The van der Waals surface area contributed by atoms with Gasteiger partial charge in [0.25, 0.3) is 0 Å². The first kappa shape index (κ1) is 19.5. The molecule has 0 aliphatic carbocycles. The van der Waals surface area contributed by atoms with Crippen LogP contribution in [0.2, 0.25) is 0 Å². The number of carbonyl (C=O) groups is 2. The predicted molar refractivity (Wildman–Crippen MR) is 115 cm³/mol. The summed E-state index contributed by atoms with van der Waals surface area (Å²) >= 11 is 3.47. The van der Waals surface area contributed by atoms with Crippen LogP contribution in [0.3, 0.4) is 0 Å². The molecule has 0 atom stereocenters. The normalized spacial score (nSPS) is 15.6. The Bertz CT molecular complexity index is 1230. The minimum Gasteiger partial charge on any atom is -0.467 e. The van der Waals surface area contributed by atoms with E-state index in [1.165, 1.54) is 6.07 Å². The summed E-state index contributed by atoms with van der Waals surface area (Å²) in [5.74, 6) is 0.714. The molecule has 7 heteroatoms. The minimum atomic E-state index is -0.485. The molecule has 3 aromatic rings. The molecule has 2 aliphatic rings. The second kappa shape index (κ2) is 8.02. The van der Waals surface area contributed by atoms with Gasteiger partial charge >= 0.3 is 5.97 Å². The SMILES string of the molecule is O=C(Oc1ccc2c(c1)OC(=Cc1cc(Br)cc3c1OCOC3)C2=O)c1ccccc1. The quantitative estimate of drug-likeness (QED) is 0.294. The van der Waals surface area contributed by atoms with Gasteiger partial charge in [0.2, 0.25) is 5.78 Å². The van der Waals surface area contributed by atoms with Crippen molar-refractivity contribution >= 4 is 33.8 Å². The van der Waals surface area contributed by atoms with Gasteiger partial charge in [-0.3, -0.25) is 4.79 Å². The zero-order valence-corrected chi connectivity index (χ0v) is 17.7. The molecule has 0 N–H and O–H groups in total. The highest BCUT2D eigenvalue weighted by Gasteiger charge is 2.29. The lowest BCUT2D eigenvalue weighted by molar-refractivity contribution is -0.0165. The maximum atomic E-state index is 12.8. The van der Waals surface area contributed by atoms with Crippen LogP contribution in [0.15, 0.2) is 70.9 Å². The van der Waals surface area contributed by atoms with Gasteiger partial charge in [-0.05, 0) is 42.5 Å². The number of esters is 1. The summed E-state index contributed by atoms with van der Waals surface area (Å²) in [6, 6.07) is 17.1. The maximum absolute atomic E-state index is 12.8. The molecule has 3 aromatic carbocycles. The van der Waals surface area contributed by atoms with Gasteiger partial charge in [0.05, 0.1) is 17.7 Å². The van der Waals surface area contributed by atoms with Crippen molar-refractivity contribution in [1.82, 2.24) is 0 Å². The van der Waals surface area contributed by atoms with E-state index < -0.39 is 5.97 Å². The average Bonchev–Trinajstić information content (AvgIpc) is 3.09. The first-order chi connectivity index (χ1) is 15.1. The Morgan fingerprint density at radius 1 is 1.06 bits per heavy atom. The van der Waals surface area contributed by atoms with E-state index in [1.807, 2.05) is 18.2 Å². The monoisotopic (exact) mass is 478 g/mol. The van der Waals surface area contributed by atoms with E-state index in [4.69, 9.17) is 18.9 Å². The fraction of sp³-hybridized carbons (Fsp3) is 0.0833. The van der Waals surface area contributed by atoms with Crippen LogP contribution in [-0.2, 0) is 11.3 Å². The number of rotatable bonds is 3. The second-order valence-electron chi connectivity index (χ2n) is 6.95. The van der Waals surface area contributed by atoms with Crippen molar-refractivity contribution in [3.05, 3.63) is 93.1 Å². The van der Waals surface area contributed by atoms with Crippen molar-refractivity contribution in [1.29, 1.82) is 0 Å². The van der Waals surface area contributed by atoms with Gasteiger partial charge in [0, 0.05) is 21.7 Å². The summed E-state index contributed by atoms with van der Waals surface area (Å²) in [6.07, 6.45) is 1.65. The van der Waals surface area contributed by atoms with Crippen LogP contribution in [0, 0.1) is 0 Å². The highest BCUT2D eigenvalue weighted by molar-refractivity contribution is 9.10. The standard InChI is InChI=1S/C24H15BrO6/c25-17-8-15(23-16(9-17)12-28-13-29-23)10-21-22(26)19-7-6-18(11-20(19)31-21)30-24(27)14-4-2-1-3-5-14/h1-11H,12-13H2. The Hall–Kier alpha value is -3.42. The van der Waals surface area contributed by atoms with E-state index in [0.717, 1.165) is 10.0 Å². The molecular formula is C24H15BrO6. The van der Waals surface area contributed by atoms with Crippen molar-refractivity contribution in [3.8, 4) is 17.2 Å². The molecule has 2 aliphatic heterocycles. The number of ketones is 1. The van der Waals surface area contributed by atoms with Crippen molar-refractivity contribution in [3.63, 3.8) is 0 Å². The minimum absolute atomic E-state index is 0.149. The van der Waals surface area contributed by atoms with Gasteiger partial charge in [-0.15, -0.1) is 0 Å². The van der Waals surface area contributed by atoms with Gasteiger partial charge in [0.15, 0.2) is 12.6 Å². The fourth-order valence-corrected chi connectivity index (χ4v) is 3.95. The zero-order chi connectivity index (χ0) is 21.4. The number of hydrogen-bond acceptors (Lipinski definition) is 6. The van der Waals surface area contributed by atoms with Crippen LogP contribution < -0.4 is 14.2 Å². The molecule has 2 heterocycles. The summed E-state index contributed by atoms with van der Waals surface area (Å²) in [7, 11) is 0. The zero-order valence-electron chi connectivity index (χ0n) is 16.1. The first-order valence-electron chi connectivity index (χ1n) is 9.47. The fourth-order valence-electron chi connectivity index (χ4n) is 3.43. The molecule has 31 heavy (non-hydrogen) atoms. The smallest absolute Gasteiger partial charge is 0.343 e. The van der Waals surface area contributed by atoms with E-state index in [0.29, 0.717) is 40.5 Å². The molecule has 0 amide bonds. The van der Waals surface area contributed by atoms with Crippen LogP contribution in [0.25, 0.3) is 6.08 Å². The Morgan fingerprint density at radius 3 is 2.74 bits per heavy atom. The van der Waals surface area contributed by atoms with Crippen LogP contribution in [0.1, 0.15) is 31.8 Å². The number of fused-ring (bicyclic) bond motifs is 2. The van der Waals surface area contributed by atoms with Crippen molar-refractivity contribution in [2.24, 2.45) is 0 Å². The molecule has 5 rings (SSSR count). The van der Waals surface area contributed by atoms with E-state index in [1.54, 1.807) is 42.5 Å². The van der Waals surface area contributed by atoms with E-state index >= 15 is 0 Å². The molecule has 0 saturated carbocycles. The summed E-state index contributed by atoms with van der Waals surface area (Å²) < 4.78 is 23.0. The molecule has 0 saturated heterocycles. The Kier molecular flexibility index (Phi) is 5.05. The lowest BCUT2D eigenvalue weighted by Crippen LogP contribution is -2.12. The Labute approximate surface area is 186 Å². The van der Waals surface area contributed by atoms with E-state index in [9.17, 15) is 9.59 Å². The number of benzene rings is 3. The third-order valence-corrected chi connectivity index (χ3v) is 5.31. The Balaban J connectivity index is 1.42. The molecular weight excluding hydrogens is 464 g/mol. The maximum Gasteiger partial charge on any atom is 0.343 e. The van der Waals surface area contributed by atoms with Crippen LogP contribution in [0.5, 0.6) is 17.2 Å². The second-order valence-corrected chi connectivity index (χ2v) is 7.86. The number of halogens is 1. The van der Waals surface area contributed by atoms with Gasteiger partial charge < -0.3 is 18.9 Å². The number of carbonyl (C=O) groups excluding carboxylic acids is 2. The lowest BCUT2D eigenvalue weighted by atomic mass is 10.1. The largest absolute Gasteiger partial charge is 0.467 e. The van der Waals surface area contributed by atoms with Gasteiger partial charge in [-0.25, -0.2) is 4.79 Å². The molecule has 0 aromatic heterocycles. The summed E-state index contributed by atoms with van der Waals surface area (Å²) in [5, 5.41) is 0. The molecule has 154 valence electrons. The van der Waals surface area contributed by atoms with E-state index in [-0.39, 0.29) is 18.3 Å². The molecule has 0 fully saturated rings. The van der Waals surface area contributed by atoms with Crippen molar-refractivity contribution < 1.29 is 28.5 Å². The molecule has 0 bridgehead atoms. The van der Waals surface area contributed by atoms with Crippen molar-refractivity contribution in [2.75, 3.05) is 6.79 Å². The summed E-state index contributed by atoms with van der Waals surface area (Å²) in [5.41, 5.74) is 2.42. The first-order valence-corrected chi connectivity index (χ1v) is 10.3. The number of Topliss-reactive ketones (excluding diaryl/α,β-unsaturated/α-hetero) is 1. The third-order valence-electron chi connectivity index (χ3n) is 4.85. The van der Waals surface area contributed by atoms with Crippen LogP contribution in [0.4, 0.5) is 0 Å². The third kappa shape index (κ3) is 3.85. The number of hydrogen-bond donors (Lipinski definition) is 0. The van der Waals surface area contributed by atoms with Crippen LogP contribution >= 0.6 is 15.9 Å².